The first-order valence-electron chi connectivity index (χ1n) is 6.64. The first-order chi connectivity index (χ1) is 9.98. The molecule has 1 aromatic rings. The average molecular weight is 375 g/mol. The lowest BCUT2D eigenvalue weighted by molar-refractivity contribution is 0.219. The van der Waals surface area contributed by atoms with Gasteiger partial charge in [-0.15, -0.1) is 0 Å². The number of rotatable bonds is 5. The van der Waals surface area contributed by atoms with Gasteiger partial charge < -0.3 is 10.5 Å². The smallest absolute Gasteiger partial charge is 0.244 e. The normalized spacial score (nSPS) is 16.8. The van der Waals surface area contributed by atoms with E-state index in [-0.39, 0.29) is 4.90 Å². The molecule has 2 rings (SSSR count). The van der Waals surface area contributed by atoms with Crippen LogP contribution in [0, 0.1) is 0 Å². The molecule has 0 amide bonds. The Balaban J connectivity index is 2.27. The average Bonchev–Trinajstić information content (AvgIpc) is 2.48. The molecule has 2 N–H and O–H groups in total. The monoisotopic (exact) mass is 374 g/mol. The van der Waals surface area contributed by atoms with Crippen molar-refractivity contribution in [2.75, 3.05) is 26.8 Å². The van der Waals surface area contributed by atoms with Crippen LogP contribution in [0.5, 0.6) is 0 Å². The molecule has 0 aromatic heterocycles. The second-order valence-corrected chi connectivity index (χ2v) is 7.64. The number of nitrogens with two attached hydrogens (primary N) is 1. The summed E-state index contributed by atoms with van der Waals surface area (Å²) in [5, 5.41) is 0. The molecule has 116 valence electrons. The van der Waals surface area contributed by atoms with Crippen LogP contribution in [0.1, 0.15) is 12.0 Å². The number of nitrogens with zero attached hydrogens (tertiary/aromatic N) is 1. The molecule has 0 unspecified atom stereocenters. The van der Waals surface area contributed by atoms with E-state index in [0.29, 0.717) is 37.1 Å². The van der Waals surface area contributed by atoms with Gasteiger partial charge in [0.25, 0.3) is 0 Å². The van der Waals surface area contributed by atoms with Crippen molar-refractivity contribution in [1.29, 1.82) is 0 Å². The van der Waals surface area contributed by atoms with Crippen molar-refractivity contribution in [3.8, 4) is 0 Å². The minimum absolute atomic E-state index is 0.272. The maximum absolute atomic E-state index is 12.7. The van der Waals surface area contributed by atoms with Crippen LogP contribution in [0.2, 0.25) is 0 Å². The summed E-state index contributed by atoms with van der Waals surface area (Å²) in [5.41, 5.74) is 7.53. The van der Waals surface area contributed by atoms with Crippen molar-refractivity contribution in [1.82, 2.24) is 4.31 Å². The fraction of sp³-hybridized carbons (Fsp3) is 0.429. The molecular weight excluding hydrogens is 356 g/mol. The van der Waals surface area contributed by atoms with Crippen molar-refractivity contribution in [3.05, 3.63) is 39.9 Å². The molecule has 0 saturated carbocycles. The highest BCUT2D eigenvalue weighted by atomic mass is 79.9. The van der Waals surface area contributed by atoms with Crippen molar-refractivity contribution in [3.63, 3.8) is 0 Å². The summed E-state index contributed by atoms with van der Waals surface area (Å²) in [6.45, 7) is 1.71. The molecular formula is C14H19BrN2O3S. The third kappa shape index (κ3) is 3.73. The predicted molar refractivity (Wildman–Crippen MR) is 85.4 cm³/mol. The van der Waals surface area contributed by atoms with Gasteiger partial charge in [-0.1, -0.05) is 12.1 Å². The van der Waals surface area contributed by atoms with E-state index in [9.17, 15) is 8.42 Å². The third-order valence-corrected chi connectivity index (χ3v) is 6.30. The lowest BCUT2D eigenvalue weighted by atomic mass is 10.1. The molecule has 0 aliphatic carbocycles. The molecule has 1 aliphatic heterocycles. The van der Waals surface area contributed by atoms with E-state index >= 15 is 0 Å². The van der Waals surface area contributed by atoms with Crippen LogP contribution in [0.4, 0.5) is 0 Å². The molecule has 0 bridgehead atoms. The highest BCUT2D eigenvalue weighted by Gasteiger charge is 2.28. The van der Waals surface area contributed by atoms with Crippen LogP contribution < -0.4 is 5.73 Å². The van der Waals surface area contributed by atoms with Crippen LogP contribution >= 0.6 is 15.9 Å². The van der Waals surface area contributed by atoms with Gasteiger partial charge in [-0.2, -0.15) is 4.31 Å². The Morgan fingerprint density at radius 3 is 2.76 bits per heavy atom. The van der Waals surface area contributed by atoms with Crippen LogP contribution in [0.3, 0.4) is 0 Å². The summed E-state index contributed by atoms with van der Waals surface area (Å²) >= 11 is 3.32. The van der Waals surface area contributed by atoms with Crippen LogP contribution in [0.15, 0.2) is 39.2 Å². The van der Waals surface area contributed by atoms with E-state index in [1.807, 2.05) is 12.1 Å². The molecule has 1 aliphatic rings. The van der Waals surface area contributed by atoms with E-state index in [0.717, 1.165) is 11.1 Å². The zero-order valence-corrected chi connectivity index (χ0v) is 14.3. The highest BCUT2D eigenvalue weighted by molar-refractivity contribution is 9.10. The SMILES string of the molecule is COCC1=CCN(S(=O)(=O)c2cc(CN)ccc2Br)CC1. The summed E-state index contributed by atoms with van der Waals surface area (Å²) < 4.78 is 32.6. The number of halogens is 1. The maximum atomic E-state index is 12.7. The summed E-state index contributed by atoms with van der Waals surface area (Å²) in [6.07, 6.45) is 2.62. The summed E-state index contributed by atoms with van der Waals surface area (Å²) in [5.74, 6) is 0. The standard InChI is InChI=1S/C14H19BrN2O3S/c1-20-10-11-4-6-17(7-5-11)21(18,19)14-8-12(9-16)2-3-13(14)15/h2-4,8H,5-7,9-10,16H2,1H3. The topological polar surface area (TPSA) is 72.6 Å². The Morgan fingerprint density at radius 1 is 1.43 bits per heavy atom. The number of benzene rings is 1. The van der Waals surface area contributed by atoms with Crippen LogP contribution in [-0.2, 0) is 21.3 Å². The Bertz CT molecular complexity index is 644. The van der Waals surface area contributed by atoms with E-state index in [4.69, 9.17) is 10.5 Å². The molecule has 1 heterocycles. The molecule has 1 aromatic carbocycles. The van der Waals surface area contributed by atoms with Gasteiger partial charge in [-0.25, -0.2) is 8.42 Å². The first kappa shape index (κ1) is 16.6. The number of hydrogen-bond donors (Lipinski definition) is 1. The van der Waals surface area contributed by atoms with Crippen molar-refractivity contribution in [2.24, 2.45) is 5.73 Å². The van der Waals surface area contributed by atoms with Crippen molar-refractivity contribution < 1.29 is 13.2 Å². The van der Waals surface area contributed by atoms with Crippen molar-refractivity contribution in [2.45, 2.75) is 17.9 Å². The summed E-state index contributed by atoms with van der Waals surface area (Å²) in [6, 6.07) is 5.18. The highest BCUT2D eigenvalue weighted by Crippen LogP contribution is 2.28. The van der Waals surface area contributed by atoms with Crippen molar-refractivity contribution >= 4 is 26.0 Å². The number of sulfonamides is 1. The van der Waals surface area contributed by atoms with Gasteiger partial charge in [0.15, 0.2) is 0 Å². The second kappa shape index (κ2) is 7.02. The van der Waals surface area contributed by atoms with Gasteiger partial charge in [0.05, 0.1) is 11.5 Å². The summed E-state index contributed by atoms with van der Waals surface area (Å²) in [4.78, 5) is 0.272. The minimum Gasteiger partial charge on any atom is -0.380 e. The molecule has 5 nitrogen and oxygen atoms in total. The maximum Gasteiger partial charge on any atom is 0.244 e. The van der Waals surface area contributed by atoms with E-state index in [2.05, 4.69) is 15.9 Å². The molecule has 0 atom stereocenters. The Morgan fingerprint density at radius 2 is 2.19 bits per heavy atom. The largest absolute Gasteiger partial charge is 0.380 e. The van der Waals surface area contributed by atoms with Gasteiger partial charge >= 0.3 is 0 Å². The number of ether oxygens (including phenoxy) is 1. The quantitative estimate of drug-likeness (QED) is 0.798. The zero-order chi connectivity index (χ0) is 15.5. The third-order valence-electron chi connectivity index (χ3n) is 3.44. The van der Waals surface area contributed by atoms with E-state index in [1.165, 1.54) is 4.31 Å². The Labute approximate surface area is 133 Å². The minimum atomic E-state index is -3.52. The molecule has 0 fully saturated rings. The zero-order valence-electron chi connectivity index (χ0n) is 11.9. The molecule has 7 heteroatoms. The fourth-order valence-electron chi connectivity index (χ4n) is 2.24. The van der Waals surface area contributed by atoms with Gasteiger partial charge in [0, 0.05) is 31.2 Å². The lowest BCUT2D eigenvalue weighted by Gasteiger charge is -2.26. The van der Waals surface area contributed by atoms with Gasteiger partial charge in [-0.3, -0.25) is 0 Å². The second-order valence-electron chi connectivity index (χ2n) is 4.88. The fourth-order valence-corrected chi connectivity index (χ4v) is 4.59. The van der Waals surface area contributed by atoms with E-state index in [1.54, 1.807) is 19.2 Å². The summed E-state index contributed by atoms with van der Waals surface area (Å²) in [7, 11) is -1.88. The number of hydrogen-bond acceptors (Lipinski definition) is 4. The van der Waals surface area contributed by atoms with Gasteiger partial charge in [0.2, 0.25) is 10.0 Å². The van der Waals surface area contributed by atoms with Crippen LogP contribution in [0.25, 0.3) is 0 Å². The molecule has 0 radical (unpaired) electrons. The lowest BCUT2D eigenvalue weighted by Crippen LogP contribution is -2.35. The van der Waals surface area contributed by atoms with E-state index < -0.39 is 10.0 Å². The predicted octanol–water partition coefficient (Wildman–Crippen LogP) is 1.88. The molecule has 0 spiro atoms. The Hall–Kier alpha value is -0.730. The molecule has 0 saturated heterocycles. The van der Waals surface area contributed by atoms with Gasteiger partial charge in [-0.05, 0) is 45.6 Å². The number of methoxy groups -OCH3 is 1. The molecule has 21 heavy (non-hydrogen) atoms. The Kier molecular flexibility index (Phi) is 5.56. The van der Waals surface area contributed by atoms with Crippen LogP contribution in [-0.4, -0.2) is 39.5 Å². The first-order valence-corrected chi connectivity index (χ1v) is 8.88. The van der Waals surface area contributed by atoms with Gasteiger partial charge in [0.1, 0.15) is 0 Å².